The third-order valence-corrected chi connectivity index (χ3v) is 7.02. The molecule has 0 radical (unpaired) electrons. The first-order valence-electron chi connectivity index (χ1n) is 13.0. The van der Waals surface area contributed by atoms with E-state index < -0.39 is 54.3 Å². The van der Waals surface area contributed by atoms with Crippen molar-refractivity contribution in [1.29, 1.82) is 5.26 Å². The second-order valence-corrected chi connectivity index (χ2v) is 9.80. The van der Waals surface area contributed by atoms with Crippen molar-refractivity contribution < 1.29 is 33.7 Å². The van der Waals surface area contributed by atoms with Gasteiger partial charge >= 0.3 is 5.97 Å². The minimum atomic E-state index is -2.09. The molecular formula is C29H27FN6O6. The molecule has 1 aliphatic rings. The van der Waals surface area contributed by atoms with Gasteiger partial charge in [0.25, 0.3) is 0 Å². The van der Waals surface area contributed by atoms with Gasteiger partial charge in [0.1, 0.15) is 35.9 Å². The number of benzene rings is 2. The summed E-state index contributed by atoms with van der Waals surface area (Å²) < 4.78 is 25.8. The number of nitrogens with zero attached hydrogens (tertiary/aromatic N) is 4. The number of fused-ring (bicyclic) bond motifs is 1. The summed E-state index contributed by atoms with van der Waals surface area (Å²) in [6.07, 6.45) is -3.09. The Kier molecular flexibility index (Phi) is 8.23. The van der Waals surface area contributed by atoms with E-state index in [1.807, 2.05) is 6.07 Å². The van der Waals surface area contributed by atoms with Crippen molar-refractivity contribution in [2.75, 3.05) is 11.9 Å². The van der Waals surface area contributed by atoms with Gasteiger partial charge in [0, 0.05) is 0 Å². The van der Waals surface area contributed by atoms with E-state index in [-0.39, 0.29) is 29.9 Å². The lowest BCUT2D eigenvalue weighted by Crippen LogP contribution is -2.43. The Balaban J connectivity index is 1.37. The summed E-state index contributed by atoms with van der Waals surface area (Å²) >= 11 is 0. The summed E-state index contributed by atoms with van der Waals surface area (Å²) in [4.78, 5) is 29.6. The number of ether oxygens (including phenoxy) is 2. The van der Waals surface area contributed by atoms with E-state index in [1.54, 1.807) is 30.3 Å². The molecule has 216 valence electrons. The molecule has 0 spiro atoms. The molecule has 5 atom stereocenters. The number of carbonyl (C=O) groups excluding carboxylic acids is 2. The second kappa shape index (κ2) is 12.0. The fraction of sp³-hybridized carbons (Fsp3) is 0.276. The second-order valence-electron chi connectivity index (χ2n) is 9.80. The summed E-state index contributed by atoms with van der Waals surface area (Å²) in [6, 6.07) is 18.4. The van der Waals surface area contributed by atoms with E-state index in [0.29, 0.717) is 11.1 Å². The number of aliphatic hydroxyl groups excluding tert-OH is 2. The summed E-state index contributed by atoms with van der Waals surface area (Å²) in [6.45, 7) is -0.644. The van der Waals surface area contributed by atoms with Crippen LogP contribution in [-0.2, 0) is 37.5 Å². The van der Waals surface area contributed by atoms with Crippen LogP contribution < -0.4 is 11.1 Å². The highest BCUT2D eigenvalue weighted by atomic mass is 19.1. The number of rotatable bonds is 9. The topological polar surface area (TPSA) is 185 Å². The fourth-order valence-electron chi connectivity index (χ4n) is 4.90. The Morgan fingerprint density at radius 1 is 1.17 bits per heavy atom. The van der Waals surface area contributed by atoms with Crippen LogP contribution in [0.2, 0.25) is 0 Å². The van der Waals surface area contributed by atoms with Gasteiger partial charge in [0.2, 0.25) is 11.5 Å². The van der Waals surface area contributed by atoms with Crippen LogP contribution in [0.4, 0.5) is 10.2 Å². The number of nitriles is 1. The van der Waals surface area contributed by atoms with Crippen LogP contribution in [0.5, 0.6) is 0 Å². The standard InChI is InChI=1S/C29H27FN6O6/c30-19-8-6-18(7-9-19)12-20(32)28(40)35-27-21-10-11-23(36(21)34-16-33-27)29(15-31)26(39)25(22(14-37)42-29)41-24(38)13-17-4-2-1-3-5-17/h1-11,16,20,22,25-26,37,39H,12-14,32H2,(H,33,34,35,40)/t20-,22+,25+,26+,29-/m0/s1. The van der Waals surface area contributed by atoms with Crippen molar-refractivity contribution in [3.63, 3.8) is 0 Å². The van der Waals surface area contributed by atoms with E-state index in [1.165, 1.54) is 40.9 Å². The first-order valence-corrected chi connectivity index (χ1v) is 13.0. The number of aliphatic hydroxyl groups is 2. The number of nitrogens with two attached hydrogens (primary N) is 1. The Morgan fingerprint density at radius 3 is 2.60 bits per heavy atom. The Labute approximate surface area is 239 Å². The molecule has 0 unspecified atom stereocenters. The lowest BCUT2D eigenvalue weighted by atomic mass is 9.92. The number of nitrogens with one attached hydrogen (secondary N) is 1. The Hall–Kier alpha value is -4.74. The van der Waals surface area contributed by atoms with Gasteiger partial charge in [-0.05, 0) is 41.8 Å². The van der Waals surface area contributed by atoms with Crippen LogP contribution in [-0.4, -0.2) is 67.6 Å². The van der Waals surface area contributed by atoms with Gasteiger partial charge in [-0.3, -0.25) is 9.59 Å². The van der Waals surface area contributed by atoms with Gasteiger partial charge in [0.05, 0.1) is 24.8 Å². The maximum absolute atomic E-state index is 13.2. The summed E-state index contributed by atoms with van der Waals surface area (Å²) in [5, 5.41) is 38.3. The number of anilines is 1. The molecule has 1 fully saturated rings. The summed E-state index contributed by atoms with van der Waals surface area (Å²) in [5.41, 5.74) is 5.63. The number of amides is 1. The maximum atomic E-state index is 13.2. The van der Waals surface area contributed by atoms with E-state index >= 15 is 0 Å². The normalized spacial score (nSPS) is 22.4. The molecule has 2 aromatic carbocycles. The van der Waals surface area contributed by atoms with Crippen LogP contribution in [0, 0.1) is 17.1 Å². The third-order valence-electron chi connectivity index (χ3n) is 7.02. The first-order chi connectivity index (χ1) is 20.3. The number of hydrogen-bond donors (Lipinski definition) is 4. The molecule has 0 aliphatic carbocycles. The van der Waals surface area contributed by atoms with E-state index in [9.17, 15) is 29.5 Å². The monoisotopic (exact) mass is 574 g/mol. The van der Waals surface area contributed by atoms with Gasteiger partial charge in [-0.25, -0.2) is 13.9 Å². The Bertz CT molecular complexity index is 1630. The molecule has 12 nitrogen and oxygen atoms in total. The number of hydrogen-bond acceptors (Lipinski definition) is 10. The minimum Gasteiger partial charge on any atom is -0.456 e. The zero-order valence-corrected chi connectivity index (χ0v) is 22.1. The van der Waals surface area contributed by atoms with Crippen LogP contribution in [0.3, 0.4) is 0 Å². The molecule has 0 saturated carbocycles. The lowest BCUT2D eigenvalue weighted by molar-refractivity contribution is -0.155. The van der Waals surface area contributed by atoms with Gasteiger partial charge in [-0.15, -0.1) is 0 Å². The van der Waals surface area contributed by atoms with Gasteiger partial charge in [-0.1, -0.05) is 42.5 Å². The summed E-state index contributed by atoms with van der Waals surface area (Å²) in [7, 11) is 0. The van der Waals surface area contributed by atoms with E-state index in [0.717, 1.165) is 6.33 Å². The van der Waals surface area contributed by atoms with Gasteiger partial charge in [0.15, 0.2) is 11.9 Å². The average molecular weight is 575 g/mol. The third kappa shape index (κ3) is 5.56. The molecule has 5 N–H and O–H groups in total. The molecule has 0 bridgehead atoms. The first kappa shape index (κ1) is 28.8. The highest BCUT2D eigenvalue weighted by Crippen LogP contribution is 2.41. The average Bonchev–Trinajstić information content (AvgIpc) is 3.55. The van der Waals surface area contributed by atoms with Crippen LogP contribution in [0.1, 0.15) is 16.8 Å². The van der Waals surface area contributed by atoms with Crippen molar-refractivity contribution in [2.45, 2.75) is 42.8 Å². The zero-order chi connectivity index (χ0) is 29.9. The Morgan fingerprint density at radius 2 is 1.90 bits per heavy atom. The maximum Gasteiger partial charge on any atom is 0.310 e. The fourth-order valence-corrected chi connectivity index (χ4v) is 4.90. The SMILES string of the molecule is N#C[C@@]1(c2ccc3c(NC(=O)[C@@H](N)Cc4ccc(F)cc4)ncnn23)O[C@H](CO)[C@@H](OC(=O)Cc2ccccc2)[C@H]1O. The summed E-state index contributed by atoms with van der Waals surface area (Å²) in [5.74, 6) is -1.58. The van der Waals surface area contributed by atoms with Crippen LogP contribution in [0.25, 0.3) is 5.52 Å². The molecule has 1 saturated heterocycles. The number of halogens is 1. The van der Waals surface area contributed by atoms with Crippen molar-refractivity contribution in [3.8, 4) is 6.07 Å². The van der Waals surface area contributed by atoms with Crippen molar-refractivity contribution in [3.05, 3.63) is 95.7 Å². The van der Waals surface area contributed by atoms with Gasteiger partial charge in [-0.2, -0.15) is 10.4 Å². The highest BCUT2D eigenvalue weighted by Gasteiger charge is 2.59. The van der Waals surface area contributed by atoms with E-state index in [4.69, 9.17) is 15.2 Å². The van der Waals surface area contributed by atoms with Crippen LogP contribution >= 0.6 is 0 Å². The van der Waals surface area contributed by atoms with Crippen LogP contribution in [0.15, 0.2) is 73.1 Å². The smallest absolute Gasteiger partial charge is 0.310 e. The minimum absolute atomic E-state index is 0.0565. The molecule has 3 heterocycles. The molecular weight excluding hydrogens is 547 g/mol. The molecule has 2 aromatic heterocycles. The number of aromatic nitrogens is 3. The molecule has 5 rings (SSSR count). The predicted octanol–water partition coefficient (Wildman–Crippen LogP) is 1.00. The zero-order valence-electron chi connectivity index (χ0n) is 22.1. The molecule has 13 heteroatoms. The largest absolute Gasteiger partial charge is 0.456 e. The van der Waals surface area contributed by atoms with Crippen molar-refractivity contribution in [2.24, 2.45) is 5.73 Å². The number of carbonyl (C=O) groups is 2. The molecule has 4 aromatic rings. The predicted molar refractivity (Wildman–Crippen MR) is 145 cm³/mol. The molecule has 42 heavy (non-hydrogen) atoms. The molecule has 1 amide bonds. The van der Waals surface area contributed by atoms with Gasteiger partial charge < -0.3 is 30.7 Å². The van der Waals surface area contributed by atoms with Crippen molar-refractivity contribution >= 4 is 23.2 Å². The number of esters is 1. The highest BCUT2D eigenvalue weighted by molar-refractivity contribution is 5.97. The molecule has 1 aliphatic heterocycles. The van der Waals surface area contributed by atoms with Crippen molar-refractivity contribution in [1.82, 2.24) is 14.6 Å². The lowest BCUT2D eigenvalue weighted by Gasteiger charge is -2.25. The quantitative estimate of drug-likeness (QED) is 0.210. The van der Waals surface area contributed by atoms with E-state index in [2.05, 4.69) is 15.4 Å².